The fourth-order valence-electron chi connectivity index (χ4n) is 0.996. The summed E-state index contributed by atoms with van der Waals surface area (Å²) in [4.78, 5) is 22.1. The summed E-state index contributed by atoms with van der Waals surface area (Å²) in [6, 6.07) is 0. The molecule has 4 nitrogen and oxygen atoms in total. The van der Waals surface area contributed by atoms with Gasteiger partial charge in [0.1, 0.15) is 0 Å². The van der Waals surface area contributed by atoms with Gasteiger partial charge in [-0.25, -0.2) is 0 Å². The minimum Gasteiger partial charge on any atom is -0.481 e. The van der Waals surface area contributed by atoms with Crippen molar-refractivity contribution in [2.75, 3.05) is 6.54 Å². The highest BCUT2D eigenvalue weighted by Gasteiger charge is 2.27. The Morgan fingerprint density at radius 1 is 1.38 bits per heavy atom. The Bertz CT molecular complexity index is 289. The lowest BCUT2D eigenvalue weighted by Crippen LogP contribution is -2.38. The van der Waals surface area contributed by atoms with Crippen LogP contribution in [0.2, 0.25) is 0 Å². The van der Waals surface area contributed by atoms with Crippen LogP contribution in [-0.2, 0) is 9.59 Å². The summed E-state index contributed by atoms with van der Waals surface area (Å²) in [7, 11) is 0. The summed E-state index contributed by atoms with van der Waals surface area (Å²) in [5, 5.41) is 11.4. The van der Waals surface area contributed by atoms with Gasteiger partial charge in [0, 0.05) is 19.4 Å². The van der Waals surface area contributed by atoms with Gasteiger partial charge in [0.2, 0.25) is 5.91 Å². The van der Waals surface area contributed by atoms with E-state index in [9.17, 15) is 9.59 Å². The standard InChI is InChI=1S/C12H19NO3/c1-4-5-6-7-8-10(14)13-9-12(2,3)11(15)16/h1H,5-9H2,2-3H3,(H,13,14)(H,15,16). The number of rotatable bonds is 7. The lowest BCUT2D eigenvalue weighted by molar-refractivity contribution is -0.146. The molecule has 0 rings (SSSR count). The Morgan fingerprint density at radius 3 is 2.50 bits per heavy atom. The topological polar surface area (TPSA) is 66.4 Å². The molecule has 0 radical (unpaired) electrons. The van der Waals surface area contributed by atoms with Gasteiger partial charge in [0.05, 0.1) is 5.41 Å². The molecule has 0 aliphatic carbocycles. The van der Waals surface area contributed by atoms with Crippen LogP contribution in [0.1, 0.15) is 39.5 Å². The first-order valence-corrected chi connectivity index (χ1v) is 5.33. The van der Waals surface area contributed by atoms with Crippen molar-refractivity contribution in [2.45, 2.75) is 39.5 Å². The molecule has 1 amide bonds. The number of aliphatic carboxylic acids is 1. The molecule has 0 bridgehead atoms. The van der Waals surface area contributed by atoms with E-state index in [1.165, 1.54) is 0 Å². The Kier molecular flexibility index (Phi) is 6.24. The summed E-state index contributed by atoms with van der Waals surface area (Å²) >= 11 is 0. The summed E-state index contributed by atoms with van der Waals surface area (Å²) in [6.45, 7) is 3.30. The van der Waals surface area contributed by atoms with Gasteiger partial charge in [-0.2, -0.15) is 0 Å². The van der Waals surface area contributed by atoms with E-state index in [1.807, 2.05) is 0 Å². The molecule has 0 fully saturated rings. The first kappa shape index (κ1) is 14.5. The zero-order valence-corrected chi connectivity index (χ0v) is 9.88. The average Bonchev–Trinajstić information content (AvgIpc) is 2.21. The van der Waals surface area contributed by atoms with Crippen LogP contribution < -0.4 is 5.32 Å². The van der Waals surface area contributed by atoms with Crippen molar-refractivity contribution in [3.63, 3.8) is 0 Å². The van der Waals surface area contributed by atoms with Gasteiger partial charge in [0.25, 0.3) is 0 Å². The highest BCUT2D eigenvalue weighted by atomic mass is 16.4. The van der Waals surface area contributed by atoms with E-state index in [2.05, 4.69) is 11.2 Å². The number of carbonyl (C=O) groups excluding carboxylic acids is 1. The fourth-order valence-corrected chi connectivity index (χ4v) is 0.996. The third kappa shape index (κ3) is 6.07. The largest absolute Gasteiger partial charge is 0.481 e. The van der Waals surface area contributed by atoms with Crippen molar-refractivity contribution in [1.29, 1.82) is 0 Å². The fraction of sp³-hybridized carbons (Fsp3) is 0.667. The highest BCUT2D eigenvalue weighted by Crippen LogP contribution is 2.13. The van der Waals surface area contributed by atoms with Crippen molar-refractivity contribution in [3.05, 3.63) is 0 Å². The molecule has 16 heavy (non-hydrogen) atoms. The summed E-state index contributed by atoms with van der Waals surface area (Å²) in [5.74, 6) is 1.47. The molecule has 0 aliphatic heterocycles. The van der Waals surface area contributed by atoms with Crippen molar-refractivity contribution >= 4 is 11.9 Å². The third-order valence-electron chi connectivity index (χ3n) is 2.28. The molecule has 90 valence electrons. The lowest BCUT2D eigenvalue weighted by atomic mass is 9.94. The van der Waals surface area contributed by atoms with E-state index in [1.54, 1.807) is 13.8 Å². The minimum absolute atomic E-state index is 0.119. The first-order chi connectivity index (χ1) is 7.40. The van der Waals surface area contributed by atoms with Gasteiger partial charge >= 0.3 is 5.97 Å². The molecule has 0 unspecified atom stereocenters. The number of carboxylic acids is 1. The minimum atomic E-state index is -0.922. The van der Waals surface area contributed by atoms with E-state index >= 15 is 0 Å². The Hall–Kier alpha value is -1.50. The van der Waals surface area contributed by atoms with Crippen molar-refractivity contribution < 1.29 is 14.7 Å². The van der Waals surface area contributed by atoms with Crippen LogP contribution in [0.3, 0.4) is 0 Å². The molecule has 4 heteroatoms. The van der Waals surface area contributed by atoms with Crippen LogP contribution >= 0.6 is 0 Å². The van der Waals surface area contributed by atoms with E-state index in [0.29, 0.717) is 12.8 Å². The average molecular weight is 225 g/mol. The maximum atomic E-state index is 11.3. The molecule has 0 aromatic carbocycles. The third-order valence-corrected chi connectivity index (χ3v) is 2.28. The van der Waals surface area contributed by atoms with Crippen LogP contribution in [-0.4, -0.2) is 23.5 Å². The SMILES string of the molecule is C#CCCCCC(=O)NCC(C)(C)C(=O)O. The van der Waals surface area contributed by atoms with Crippen LogP contribution in [0.4, 0.5) is 0 Å². The number of nitrogens with one attached hydrogen (secondary N) is 1. The molecule has 0 saturated carbocycles. The maximum absolute atomic E-state index is 11.3. The first-order valence-electron chi connectivity index (χ1n) is 5.33. The van der Waals surface area contributed by atoms with Crippen LogP contribution in [0.25, 0.3) is 0 Å². The normalized spacial score (nSPS) is 10.6. The van der Waals surface area contributed by atoms with Gasteiger partial charge in [0.15, 0.2) is 0 Å². The van der Waals surface area contributed by atoms with E-state index in [4.69, 9.17) is 11.5 Å². The number of unbranched alkanes of at least 4 members (excludes halogenated alkanes) is 2. The Morgan fingerprint density at radius 2 is 2.00 bits per heavy atom. The molecular formula is C12H19NO3. The van der Waals surface area contributed by atoms with E-state index in [0.717, 1.165) is 12.8 Å². The molecule has 0 heterocycles. The van der Waals surface area contributed by atoms with Crippen LogP contribution in [0.5, 0.6) is 0 Å². The van der Waals surface area contributed by atoms with E-state index < -0.39 is 11.4 Å². The van der Waals surface area contributed by atoms with Crippen LogP contribution in [0, 0.1) is 17.8 Å². The lowest BCUT2D eigenvalue weighted by Gasteiger charge is -2.19. The predicted molar refractivity (Wildman–Crippen MR) is 61.7 cm³/mol. The molecule has 0 saturated heterocycles. The molecule has 0 spiro atoms. The molecule has 0 atom stereocenters. The number of carbonyl (C=O) groups is 2. The second-order valence-corrected chi connectivity index (χ2v) is 4.38. The summed E-state index contributed by atoms with van der Waals surface area (Å²) in [6.07, 6.45) is 7.72. The summed E-state index contributed by atoms with van der Waals surface area (Å²) < 4.78 is 0. The number of terminal acetylenes is 1. The molecule has 0 aromatic rings. The zero-order valence-electron chi connectivity index (χ0n) is 9.88. The van der Waals surface area contributed by atoms with Gasteiger partial charge in [-0.05, 0) is 26.7 Å². The second-order valence-electron chi connectivity index (χ2n) is 4.38. The Labute approximate surface area is 96.4 Å². The number of hydrogen-bond donors (Lipinski definition) is 2. The molecular weight excluding hydrogens is 206 g/mol. The molecule has 0 aliphatic rings. The van der Waals surface area contributed by atoms with Gasteiger partial charge in [-0.15, -0.1) is 12.3 Å². The zero-order chi connectivity index (χ0) is 12.6. The van der Waals surface area contributed by atoms with Gasteiger partial charge < -0.3 is 10.4 Å². The number of hydrogen-bond acceptors (Lipinski definition) is 2. The monoisotopic (exact) mass is 225 g/mol. The highest BCUT2D eigenvalue weighted by molar-refractivity contribution is 5.78. The quantitative estimate of drug-likeness (QED) is 0.508. The van der Waals surface area contributed by atoms with Crippen molar-refractivity contribution in [3.8, 4) is 12.3 Å². The second kappa shape index (κ2) is 6.89. The maximum Gasteiger partial charge on any atom is 0.310 e. The van der Waals surface area contributed by atoms with Crippen LogP contribution in [0.15, 0.2) is 0 Å². The van der Waals surface area contributed by atoms with Crippen molar-refractivity contribution in [1.82, 2.24) is 5.32 Å². The van der Waals surface area contributed by atoms with Crippen molar-refractivity contribution in [2.24, 2.45) is 5.41 Å². The smallest absolute Gasteiger partial charge is 0.310 e. The van der Waals surface area contributed by atoms with E-state index in [-0.39, 0.29) is 12.5 Å². The van der Waals surface area contributed by atoms with Gasteiger partial charge in [-0.1, -0.05) is 0 Å². The van der Waals surface area contributed by atoms with Gasteiger partial charge in [-0.3, -0.25) is 9.59 Å². The number of carboxylic acid groups (broad SMARTS) is 1. The number of amides is 1. The molecule has 2 N–H and O–H groups in total. The Balaban J connectivity index is 3.74. The predicted octanol–water partition coefficient (Wildman–Crippen LogP) is 1.41. The molecule has 0 aromatic heterocycles. The summed E-state index contributed by atoms with van der Waals surface area (Å²) in [5.41, 5.74) is -0.922.